The van der Waals surface area contributed by atoms with Crippen molar-refractivity contribution in [1.29, 1.82) is 0 Å². The third-order valence-corrected chi connectivity index (χ3v) is 5.60. The van der Waals surface area contributed by atoms with Crippen LogP contribution in [-0.2, 0) is 13.2 Å². The Hall–Kier alpha value is -3.38. The summed E-state index contributed by atoms with van der Waals surface area (Å²) in [4.78, 5) is 12.5. The van der Waals surface area contributed by atoms with Crippen molar-refractivity contribution in [3.8, 4) is 5.75 Å². The number of nitrogens with zero attached hydrogens (tertiary/aromatic N) is 2. The average Bonchev–Trinajstić information content (AvgIpc) is 3.44. The highest BCUT2D eigenvalue weighted by Crippen LogP contribution is 2.30. The quantitative estimate of drug-likeness (QED) is 0.156. The van der Waals surface area contributed by atoms with Crippen LogP contribution >= 0.6 is 27.5 Å². The summed E-state index contributed by atoms with van der Waals surface area (Å²) in [7, 11) is 0. The molecule has 0 fully saturated rings. The zero-order valence-electron chi connectivity index (χ0n) is 17.2. The molecule has 0 saturated heterocycles. The Morgan fingerprint density at radius 2 is 1.69 bits per heavy atom. The van der Waals surface area contributed by atoms with E-state index < -0.39 is 47.3 Å². The van der Waals surface area contributed by atoms with Crippen LogP contribution < -0.4 is 10.1 Å². The first-order valence-electron chi connectivity index (χ1n) is 9.66. The van der Waals surface area contributed by atoms with Gasteiger partial charge in [-0.15, -0.1) is 0 Å². The largest absolute Gasteiger partial charge is 0.479 e. The third-order valence-electron chi connectivity index (χ3n) is 4.65. The SMILES string of the molecule is O=C(Nc1nn(Cc2ccccc2Cl)cc1Br)c1ccc(COc2c(F)c(F)c(F)c(F)c2F)o1. The van der Waals surface area contributed by atoms with Crippen molar-refractivity contribution in [3.63, 3.8) is 0 Å². The number of benzene rings is 2. The lowest BCUT2D eigenvalue weighted by molar-refractivity contribution is 0.0991. The maximum Gasteiger partial charge on any atom is 0.292 e. The summed E-state index contributed by atoms with van der Waals surface area (Å²) in [6.45, 7) is -0.365. The van der Waals surface area contributed by atoms with Gasteiger partial charge in [0.1, 0.15) is 12.4 Å². The van der Waals surface area contributed by atoms with Crippen LogP contribution in [0.4, 0.5) is 27.8 Å². The van der Waals surface area contributed by atoms with Crippen LogP contribution in [0.15, 0.2) is 51.5 Å². The summed E-state index contributed by atoms with van der Waals surface area (Å²) in [5.41, 5.74) is 0.812. The Kier molecular flexibility index (Phi) is 7.13. The molecule has 0 aliphatic carbocycles. The molecule has 182 valence electrons. The Labute approximate surface area is 207 Å². The van der Waals surface area contributed by atoms with Crippen LogP contribution in [0, 0.1) is 29.1 Å². The number of anilines is 1. The van der Waals surface area contributed by atoms with Gasteiger partial charge in [0.2, 0.25) is 29.1 Å². The number of halogens is 7. The van der Waals surface area contributed by atoms with Gasteiger partial charge < -0.3 is 14.5 Å². The maximum atomic E-state index is 13.7. The Morgan fingerprint density at radius 3 is 2.37 bits per heavy atom. The van der Waals surface area contributed by atoms with Crippen LogP contribution in [-0.4, -0.2) is 15.7 Å². The number of hydrogen-bond acceptors (Lipinski definition) is 4. The molecule has 35 heavy (non-hydrogen) atoms. The van der Waals surface area contributed by atoms with Crippen LogP contribution in [0.2, 0.25) is 5.02 Å². The molecule has 4 aromatic rings. The lowest BCUT2D eigenvalue weighted by Gasteiger charge is -2.09. The summed E-state index contributed by atoms with van der Waals surface area (Å²) in [6, 6.07) is 9.67. The second-order valence-corrected chi connectivity index (χ2v) is 8.28. The smallest absolute Gasteiger partial charge is 0.292 e. The molecule has 0 unspecified atom stereocenters. The maximum absolute atomic E-state index is 13.7. The van der Waals surface area contributed by atoms with E-state index in [4.69, 9.17) is 20.8 Å². The number of rotatable bonds is 7. The van der Waals surface area contributed by atoms with Gasteiger partial charge in [0.25, 0.3) is 5.91 Å². The fraction of sp³-hybridized carbons (Fsp3) is 0.0909. The summed E-state index contributed by atoms with van der Waals surface area (Å²) in [5, 5.41) is 7.35. The molecule has 0 atom stereocenters. The van der Waals surface area contributed by atoms with Gasteiger partial charge in [-0.05, 0) is 39.7 Å². The normalized spacial score (nSPS) is 11.1. The molecule has 0 aliphatic heterocycles. The Balaban J connectivity index is 1.42. The van der Waals surface area contributed by atoms with Gasteiger partial charge in [0.05, 0.1) is 11.0 Å². The second-order valence-electron chi connectivity index (χ2n) is 7.02. The number of carbonyl (C=O) groups is 1. The van der Waals surface area contributed by atoms with E-state index in [1.165, 1.54) is 12.1 Å². The molecule has 0 saturated carbocycles. The van der Waals surface area contributed by atoms with E-state index in [1.54, 1.807) is 23.0 Å². The highest BCUT2D eigenvalue weighted by Gasteiger charge is 2.27. The zero-order chi connectivity index (χ0) is 25.3. The number of carbonyl (C=O) groups excluding carboxylic acids is 1. The highest BCUT2D eigenvalue weighted by molar-refractivity contribution is 9.10. The van der Waals surface area contributed by atoms with Gasteiger partial charge in [-0.3, -0.25) is 9.48 Å². The fourth-order valence-electron chi connectivity index (χ4n) is 2.97. The van der Waals surface area contributed by atoms with Gasteiger partial charge >= 0.3 is 0 Å². The van der Waals surface area contributed by atoms with Crippen LogP contribution in [0.1, 0.15) is 21.9 Å². The predicted molar refractivity (Wildman–Crippen MR) is 118 cm³/mol. The predicted octanol–water partition coefficient (Wildman–Crippen LogP) is 6.47. The van der Waals surface area contributed by atoms with Crippen molar-refractivity contribution < 1.29 is 35.9 Å². The van der Waals surface area contributed by atoms with E-state index in [1.807, 2.05) is 12.1 Å². The zero-order valence-corrected chi connectivity index (χ0v) is 19.6. The number of nitrogens with one attached hydrogen (secondary N) is 1. The minimum Gasteiger partial charge on any atom is -0.479 e. The number of amides is 1. The molecule has 0 bridgehead atoms. The molecule has 6 nitrogen and oxygen atoms in total. The van der Waals surface area contributed by atoms with Crippen molar-refractivity contribution in [1.82, 2.24) is 9.78 Å². The monoisotopic (exact) mass is 575 g/mol. The minimum atomic E-state index is -2.30. The van der Waals surface area contributed by atoms with Crippen molar-refractivity contribution in [2.24, 2.45) is 0 Å². The van der Waals surface area contributed by atoms with Crippen LogP contribution in [0.5, 0.6) is 5.75 Å². The molecule has 1 N–H and O–H groups in total. The van der Waals surface area contributed by atoms with E-state index in [-0.39, 0.29) is 17.3 Å². The van der Waals surface area contributed by atoms with Crippen molar-refractivity contribution in [2.45, 2.75) is 13.2 Å². The summed E-state index contributed by atoms with van der Waals surface area (Å²) >= 11 is 9.45. The standard InChI is InChI=1S/C22H12BrClF5N3O3/c23-12-8-32(7-10-3-1-2-4-13(10)24)31-21(12)30-22(33)14-6-5-11(35-14)9-34-20-18(28)16(26)15(25)17(27)19(20)29/h1-6,8H,7,9H2,(H,30,31,33). The Bertz CT molecular complexity index is 1400. The van der Waals surface area contributed by atoms with Gasteiger partial charge in [-0.1, -0.05) is 29.8 Å². The van der Waals surface area contributed by atoms with Gasteiger partial charge in [0.15, 0.2) is 17.3 Å². The molecule has 2 aromatic carbocycles. The summed E-state index contributed by atoms with van der Waals surface area (Å²) in [5.74, 6) is -13.1. The highest BCUT2D eigenvalue weighted by atomic mass is 79.9. The molecule has 4 rings (SSSR count). The molecular formula is C22H12BrClF5N3O3. The molecular weight excluding hydrogens is 565 g/mol. The van der Waals surface area contributed by atoms with Gasteiger partial charge in [-0.2, -0.15) is 13.9 Å². The lowest BCUT2D eigenvalue weighted by atomic mass is 10.2. The second kappa shape index (κ2) is 10.1. The number of furan rings is 1. The number of aromatic nitrogens is 2. The lowest BCUT2D eigenvalue weighted by Crippen LogP contribution is -2.12. The number of ether oxygens (including phenoxy) is 1. The molecule has 0 radical (unpaired) electrons. The molecule has 1 amide bonds. The molecule has 13 heteroatoms. The minimum absolute atomic E-state index is 0.109. The number of hydrogen-bond donors (Lipinski definition) is 1. The first-order valence-corrected chi connectivity index (χ1v) is 10.8. The van der Waals surface area contributed by atoms with Crippen LogP contribution in [0.3, 0.4) is 0 Å². The van der Waals surface area contributed by atoms with E-state index in [0.717, 1.165) is 5.56 Å². The van der Waals surface area contributed by atoms with E-state index in [0.29, 0.717) is 16.0 Å². The molecule has 2 aromatic heterocycles. The van der Waals surface area contributed by atoms with E-state index >= 15 is 0 Å². The first-order chi connectivity index (χ1) is 16.7. The first kappa shape index (κ1) is 24.7. The van der Waals surface area contributed by atoms with E-state index in [2.05, 4.69) is 26.3 Å². The average molecular weight is 577 g/mol. The van der Waals surface area contributed by atoms with Gasteiger partial charge in [-0.25, -0.2) is 13.2 Å². The van der Waals surface area contributed by atoms with Crippen molar-refractivity contribution in [2.75, 3.05) is 5.32 Å². The molecule has 0 aliphatic rings. The van der Waals surface area contributed by atoms with Crippen molar-refractivity contribution >= 4 is 39.3 Å². The molecule has 2 heterocycles. The van der Waals surface area contributed by atoms with Gasteiger partial charge in [0, 0.05) is 11.2 Å². The van der Waals surface area contributed by atoms with Crippen molar-refractivity contribution in [3.05, 3.63) is 98.3 Å². The summed E-state index contributed by atoms with van der Waals surface area (Å²) in [6.07, 6.45) is 1.63. The van der Waals surface area contributed by atoms with E-state index in [9.17, 15) is 26.7 Å². The molecule has 0 spiro atoms. The topological polar surface area (TPSA) is 69.3 Å². The summed E-state index contributed by atoms with van der Waals surface area (Å²) < 4.78 is 79.1. The van der Waals surface area contributed by atoms with Crippen LogP contribution in [0.25, 0.3) is 0 Å². The third kappa shape index (κ3) is 5.17. The Morgan fingerprint density at radius 1 is 1.03 bits per heavy atom. The fourth-order valence-corrected chi connectivity index (χ4v) is 3.58.